The van der Waals surface area contributed by atoms with Crippen LogP contribution in [0, 0.1) is 13.8 Å². The smallest absolute Gasteiger partial charge is 0.307 e. The van der Waals surface area contributed by atoms with Crippen molar-refractivity contribution in [2.24, 2.45) is 0 Å². The summed E-state index contributed by atoms with van der Waals surface area (Å²) in [6.45, 7) is 4.64. The second-order valence-electron chi connectivity index (χ2n) is 6.14. The fourth-order valence-corrected chi connectivity index (χ4v) is 3.72. The van der Waals surface area contributed by atoms with E-state index in [1.54, 1.807) is 4.90 Å². The summed E-state index contributed by atoms with van der Waals surface area (Å²) in [6, 6.07) is 13.9. The molecule has 4 nitrogen and oxygen atoms in total. The van der Waals surface area contributed by atoms with Crippen LogP contribution in [0.2, 0.25) is 0 Å². The van der Waals surface area contributed by atoms with E-state index >= 15 is 0 Å². The summed E-state index contributed by atoms with van der Waals surface area (Å²) < 4.78 is 5.40. The number of amides is 1. The zero-order chi connectivity index (χ0) is 17.8. The number of benzene rings is 2. The number of esters is 1. The summed E-state index contributed by atoms with van der Waals surface area (Å²) >= 11 is 1.54. The molecule has 1 amide bonds. The lowest BCUT2D eigenvalue weighted by Crippen LogP contribution is -2.37. The molecule has 2 aromatic carbocycles. The number of hydrogen-bond acceptors (Lipinski definition) is 4. The van der Waals surface area contributed by atoms with Gasteiger partial charge in [-0.3, -0.25) is 9.59 Å². The Hall–Kier alpha value is -2.27. The van der Waals surface area contributed by atoms with Crippen LogP contribution in [0.15, 0.2) is 47.4 Å². The van der Waals surface area contributed by atoms with Gasteiger partial charge in [0.25, 0.3) is 0 Å². The molecule has 0 aromatic heterocycles. The van der Waals surface area contributed by atoms with Crippen molar-refractivity contribution in [3.63, 3.8) is 0 Å². The summed E-state index contributed by atoms with van der Waals surface area (Å²) in [5.74, 6) is 0.157. The van der Waals surface area contributed by atoms with E-state index < -0.39 is 0 Å². The number of fused-ring (bicyclic) bond motifs is 1. The van der Waals surface area contributed by atoms with Crippen molar-refractivity contribution in [3.05, 3.63) is 59.2 Å². The van der Waals surface area contributed by atoms with Crippen LogP contribution >= 0.6 is 11.8 Å². The lowest BCUT2D eigenvalue weighted by Gasteiger charge is -2.28. The number of ether oxygens (including phenoxy) is 1. The van der Waals surface area contributed by atoms with E-state index in [0.29, 0.717) is 12.3 Å². The van der Waals surface area contributed by atoms with Gasteiger partial charge in [-0.15, -0.1) is 11.8 Å². The molecule has 25 heavy (non-hydrogen) atoms. The predicted octanol–water partition coefficient (Wildman–Crippen LogP) is 3.88. The Morgan fingerprint density at radius 1 is 1.20 bits per heavy atom. The quantitative estimate of drug-likeness (QED) is 0.764. The van der Waals surface area contributed by atoms with Crippen LogP contribution in [-0.2, 0) is 20.9 Å². The zero-order valence-electron chi connectivity index (χ0n) is 14.5. The van der Waals surface area contributed by atoms with Gasteiger partial charge in [0.1, 0.15) is 6.61 Å². The van der Waals surface area contributed by atoms with Gasteiger partial charge in [-0.2, -0.15) is 0 Å². The Labute approximate surface area is 152 Å². The number of nitrogens with zero attached hydrogens (tertiary/aromatic N) is 1. The molecule has 5 heteroatoms. The fraction of sp³-hybridized carbons (Fsp3) is 0.300. The molecule has 0 aliphatic carbocycles. The lowest BCUT2D eigenvalue weighted by molar-refractivity contribution is -0.144. The number of anilines is 1. The summed E-state index contributed by atoms with van der Waals surface area (Å²) in [5, 5.41) is 0. The Bertz CT molecular complexity index is 803. The highest BCUT2D eigenvalue weighted by molar-refractivity contribution is 8.00. The van der Waals surface area contributed by atoms with Crippen molar-refractivity contribution in [3.8, 4) is 0 Å². The Morgan fingerprint density at radius 2 is 2.00 bits per heavy atom. The molecule has 1 aliphatic heterocycles. The normalized spacial score (nSPS) is 13.5. The first-order chi connectivity index (χ1) is 12.0. The van der Waals surface area contributed by atoms with Crippen LogP contribution in [0.1, 0.15) is 23.1 Å². The summed E-state index contributed by atoms with van der Waals surface area (Å²) in [4.78, 5) is 27.1. The summed E-state index contributed by atoms with van der Waals surface area (Å²) in [5.41, 5.74) is 4.15. The van der Waals surface area contributed by atoms with Crippen molar-refractivity contribution in [1.29, 1.82) is 0 Å². The van der Waals surface area contributed by atoms with Crippen LogP contribution in [-0.4, -0.2) is 24.2 Å². The molecule has 1 aliphatic rings. The van der Waals surface area contributed by atoms with Crippen molar-refractivity contribution in [2.45, 2.75) is 31.8 Å². The zero-order valence-corrected chi connectivity index (χ0v) is 15.3. The van der Waals surface area contributed by atoms with Gasteiger partial charge >= 0.3 is 5.97 Å². The predicted molar refractivity (Wildman–Crippen MR) is 99.8 cm³/mol. The van der Waals surface area contributed by atoms with Gasteiger partial charge in [-0.05, 0) is 37.1 Å². The van der Waals surface area contributed by atoms with Gasteiger partial charge in [0, 0.05) is 11.4 Å². The first-order valence-electron chi connectivity index (χ1n) is 8.28. The minimum Gasteiger partial charge on any atom is -0.461 e. The molecule has 2 aromatic rings. The molecule has 0 N–H and O–H groups in total. The van der Waals surface area contributed by atoms with Gasteiger partial charge in [-0.25, -0.2) is 0 Å². The number of rotatable bonds is 5. The lowest BCUT2D eigenvalue weighted by atomic mass is 10.1. The van der Waals surface area contributed by atoms with E-state index in [-0.39, 0.29) is 24.9 Å². The molecule has 130 valence electrons. The molecule has 0 fully saturated rings. The highest BCUT2D eigenvalue weighted by Gasteiger charge is 2.24. The first kappa shape index (κ1) is 17.5. The van der Waals surface area contributed by atoms with Crippen molar-refractivity contribution in [1.82, 2.24) is 0 Å². The SMILES string of the molecule is Cc1ccc(C)c(COC(=O)CCN2C(=O)CSc3ccccc32)c1. The average Bonchev–Trinajstić information content (AvgIpc) is 2.61. The molecular formula is C20H21NO3S. The molecule has 0 unspecified atom stereocenters. The van der Waals surface area contributed by atoms with E-state index in [1.165, 1.54) is 11.8 Å². The van der Waals surface area contributed by atoms with E-state index in [9.17, 15) is 9.59 Å². The third-order valence-electron chi connectivity index (χ3n) is 4.24. The Morgan fingerprint density at radius 3 is 2.84 bits per heavy atom. The monoisotopic (exact) mass is 355 g/mol. The van der Waals surface area contributed by atoms with Crippen LogP contribution in [0.3, 0.4) is 0 Å². The van der Waals surface area contributed by atoms with Crippen LogP contribution in [0.5, 0.6) is 0 Å². The minimum absolute atomic E-state index is 0.0334. The van der Waals surface area contributed by atoms with Crippen LogP contribution in [0.25, 0.3) is 0 Å². The third kappa shape index (κ3) is 4.23. The van der Waals surface area contributed by atoms with Gasteiger partial charge in [-0.1, -0.05) is 35.9 Å². The minimum atomic E-state index is -0.288. The number of thioether (sulfide) groups is 1. The summed E-state index contributed by atoms with van der Waals surface area (Å²) in [7, 11) is 0. The van der Waals surface area contributed by atoms with E-state index in [2.05, 4.69) is 0 Å². The second kappa shape index (κ2) is 7.74. The molecular weight excluding hydrogens is 334 g/mol. The second-order valence-corrected chi connectivity index (χ2v) is 7.16. The Kier molecular flexibility index (Phi) is 5.43. The maximum atomic E-state index is 12.2. The van der Waals surface area contributed by atoms with Gasteiger partial charge < -0.3 is 9.64 Å². The number of para-hydroxylation sites is 1. The van der Waals surface area contributed by atoms with Crippen molar-refractivity contribution in [2.75, 3.05) is 17.2 Å². The number of carbonyl (C=O) groups is 2. The number of hydrogen-bond donors (Lipinski definition) is 0. The van der Waals surface area contributed by atoms with Gasteiger partial charge in [0.05, 0.1) is 17.9 Å². The third-order valence-corrected chi connectivity index (χ3v) is 5.29. The van der Waals surface area contributed by atoms with E-state index in [1.807, 2.05) is 56.3 Å². The molecule has 0 saturated heterocycles. The molecule has 3 rings (SSSR count). The van der Waals surface area contributed by atoms with Gasteiger partial charge in [0.15, 0.2) is 0 Å². The van der Waals surface area contributed by atoms with Crippen molar-refractivity contribution < 1.29 is 14.3 Å². The average molecular weight is 355 g/mol. The molecule has 0 spiro atoms. The molecule has 0 bridgehead atoms. The van der Waals surface area contributed by atoms with E-state index in [4.69, 9.17) is 4.74 Å². The molecule has 0 saturated carbocycles. The largest absolute Gasteiger partial charge is 0.461 e. The van der Waals surface area contributed by atoms with Crippen molar-refractivity contribution >= 4 is 29.3 Å². The topological polar surface area (TPSA) is 46.6 Å². The maximum absolute atomic E-state index is 12.2. The van der Waals surface area contributed by atoms with Gasteiger partial charge in [0.2, 0.25) is 5.91 Å². The standard InChI is InChI=1S/C20H21NO3S/c1-14-7-8-15(2)16(11-14)12-24-20(23)9-10-21-17-5-3-4-6-18(17)25-13-19(21)22/h3-8,11H,9-10,12-13H2,1-2H3. The molecule has 0 atom stereocenters. The maximum Gasteiger partial charge on any atom is 0.307 e. The van der Waals surface area contributed by atoms with E-state index in [0.717, 1.165) is 27.3 Å². The van der Waals surface area contributed by atoms with Crippen LogP contribution < -0.4 is 4.90 Å². The molecule has 1 heterocycles. The number of carbonyl (C=O) groups excluding carboxylic acids is 2. The fourth-order valence-electron chi connectivity index (χ4n) is 2.79. The first-order valence-corrected chi connectivity index (χ1v) is 9.27. The Balaban J connectivity index is 1.57. The highest BCUT2D eigenvalue weighted by Crippen LogP contribution is 2.34. The highest BCUT2D eigenvalue weighted by atomic mass is 32.2. The number of aryl methyl sites for hydroxylation is 2. The van der Waals surface area contributed by atoms with Crippen LogP contribution in [0.4, 0.5) is 5.69 Å². The molecule has 0 radical (unpaired) electrons. The summed E-state index contributed by atoms with van der Waals surface area (Å²) in [6.07, 6.45) is 0.190.